The van der Waals surface area contributed by atoms with Crippen LogP contribution in [0.15, 0.2) is 24.3 Å². The second-order valence-corrected chi connectivity index (χ2v) is 6.83. The van der Waals surface area contributed by atoms with E-state index >= 15 is 0 Å². The zero-order valence-electron chi connectivity index (χ0n) is 12.8. The van der Waals surface area contributed by atoms with Crippen LogP contribution in [0.3, 0.4) is 0 Å². The van der Waals surface area contributed by atoms with E-state index in [2.05, 4.69) is 12.1 Å². The molecular formula is C19H25NO. The third kappa shape index (κ3) is 2.38. The van der Waals surface area contributed by atoms with E-state index in [4.69, 9.17) is 0 Å². The Hall–Kier alpha value is -1.33. The van der Waals surface area contributed by atoms with Gasteiger partial charge in [-0.3, -0.25) is 0 Å². The van der Waals surface area contributed by atoms with Crippen molar-refractivity contribution in [3.8, 4) is 6.07 Å². The van der Waals surface area contributed by atoms with Crippen molar-refractivity contribution in [2.45, 2.75) is 69.8 Å². The lowest BCUT2D eigenvalue weighted by Gasteiger charge is -2.47. The van der Waals surface area contributed by atoms with E-state index < -0.39 is 11.0 Å². The maximum absolute atomic E-state index is 11.6. The average Bonchev–Trinajstić information content (AvgIpc) is 2.48. The van der Waals surface area contributed by atoms with Crippen molar-refractivity contribution >= 4 is 0 Å². The Balaban J connectivity index is 2.05. The van der Waals surface area contributed by atoms with Crippen LogP contribution in [0.1, 0.15) is 68.9 Å². The summed E-state index contributed by atoms with van der Waals surface area (Å²) in [5.74, 6) is 0. The molecule has 3 rings (SSSR count). The average molecular weight is 283 g/mol. The molecule has 1 aromatic carbocycles. The van der Waals surface area contributed by atoms with Gasteiger partial charge in [0.2, 0.25) is 0 Å². The van der Waals surface area contributed by atoms with Crippen LogP contribution in [-0.2, 0) is 12.0 Å². The van der Waals surface area contributed by atoms with Crippen molar-refractivity contribution in [3.63, 3.8) is 0 Å². The van der Waals surface area contributed by atoms with E-state index in [1.807, 2.05) is 18.2 Å². The maximum Gasteiger partial charge on any atom is 0.108 e. The van der Waals surface area contributed by atoms with Gasteiger partial charge in [0.05, 0.1) is 11.5 Å². The number of nitriles is 1. The Morgan fingerprint density at radius 3 is 2.29 bits per heavy atom. The van der Waals surface area contributed by atoms with E-state index in [-0.39, 0.29) is 0 Å². The molecule has 112 valence electrons. The van der Waals surface area contributed by atoms with Gasteiger partial charge in [0, 0.05) is 0 Å². The Bertz CT molecular complexity index is 537. The number of nitrogens with zero attached hydrogens (tertiary/aromatic N) is 1. The molecule has 0 amide bonds. The largest absolute Gasteiger partial charge is 0.383 e. The molecule has 0 aromatic heterocycles. The summed E-state index contributed by atoms with van der Waals surface area (Å²) in [6, 6.07) is 10.8. The molecule has 0 heterocycles. The topological polar surface area (TPSA) is 44.0 Å². The number of aliphatic hydroxyl groups is 1. The van der Waals surface area contributed by atoms with Gasteiger partial charge in [0.25, 0.3) is 0 Å². The molecule has 2 heteroatoms. The SMILES string of the molecule is N#CC1(C2(O)CCCc3ccccc32)CCCCCCC1. The van der Waals surface area contributed by atoms with Gasteiger partial charge in [-0.05, 0) is 43.2 Å². The smallest absolute Gasteiger partial charge is 0.108 e. The fourth-order valence-electron chi connectivity index (χ4n) is 4.43. The van der Waals surface area contributed by atoms with Crippen LogP contribution in [0.4, 0.5) is 0 Å². The maximum atomic E-state index is 11.6. The zero-order chi connectivity index (χ0) is 14.8. The van der Waals surface area contributed by atoms with E-state index in [0.29, 0.717) is 0 Å². The van der Waals surface area contributed by atoms with Crippen LogP contribution < -0.4 is 0 Å². The quantitative estimate of drug-likeness (QED) is 0.826. The van der Waals surface area contributed by atoms with Crippen LogP contribution in [-0.4, -0.2) is 5.11 Å². The number of aryl methyl sites for hydroxylation is 1. The highest BCUT2D eigenvalue weighted by Gasteiger charge is 2.52. The summed E-state index contributed by atoms with van der Waals surface area (Å²) in [6.45, 7) is 0. The Kier molecular flexibility index (Phi) is 4.04. The molecule has 1 aromatic rings. The fraction of sp³-hybridized carbons (Fsp3) is 0.632. The molecule has 0 bridgehead atoms. The highest BCUT2D eigenvalue weighted by atomic mass is 16.3. The molecule has 2 aliphatic carbocycles. The summed E-state index contributed by atoms with van der Waals surface area (Å²) < 4.78 is 0. The predicted molar refractivity (Wildman–Crippen MR) is 83.6 cm³/mol. The number of hydrogen-bond acceptors (Lipinski definition) is 2. The standard InChI is InChI=1S/C19H25NO/c20-15-18(12-6-2-1-3-7-13-18)19(21)14-8-10-16-9-4-5-11-17(16)19/h4-5,9,11,21H,1-3,6-8,10,12-14H2. The predicted octanol–water partition coefficient (Wildman–Crippen LogP) is 4.46. The third-order valence-corrected chi connectivity index (χ3v) is 5.66. The lowest BCUT2D eigenvalue weighted by atomic mass is 9.59. The summed E-state index contributed by atoms with van der Waals surface area (Å²) in [5, 5.41) is 21.6. The first-order valence-electron chi connectivity index (χ1n) is 8.44. The minimum atomic E-state index is -0.950. The molecule has 1 fully saturated rings. The lowest BCUT2D eigenvalue weighted by Crippen LogP contribution is -2.47. The molecule has 21 heavy (non-hydrogen) atoms. The van der Waals surface area contributed by atoms with Gasteiger partial charge in [-0.1, -0.05) is 56.4 Å². The van der Waals surface area contributed by atoms with E-state index in [9.17, 15) is 10.4 Å². The summed E-state index contributed by atoms with van der Waals surface area (Å²) in [4.78, 5) is 0. The summed E-state index contributed by atoms with van der Waals surface area (Å²) in [7, 11) is 0. The molecule has 0 spiro atoms. The van der Waals surface area contributed by atoms with Crippen LogP contribution in [0.5, 0.6) is 0 Å². The van der Waals surface area contributed by atoms with Gasteiger partial charge in [-0.25, -0.2) is 0 Å². The zero-order valence-corrected chi connectivity index (χ0v) is 12.8. The van der Waals surface area contributed by atoms with Gasteiger partial charge < -0.3 is 5.11 Å². The minimum Gasteiger partial charge on any atom is -0.383 e. The minimum absolute atomic E-state index is 0.593. The van der Waals surface area contributed by atoms with Crippen LogP contribution in [0, 0.1) is 16.7 Å². The van der Waals surface area contributed by atoms with Crippen LogP contribution in [0.2, 0.25) is 0 Å². The van der Waals surface area contributed by atoms with Crippen molar-refractivity contribution in [1.82, 2.24) is 0 Å². The molecule has 1 saturated carbocycles. The molecule has 1 N–H and O–H groups in total. The molecular weight excluding hydrogens is 258 g/mol. The summed E-state index contributed by atoms with van der Waals surface area (Å²) >= 11 is 0. The number of benzene rings is 1. The third-order valence-electron chi connectivity index (χ3n) is 5.66. The van der Waals surface area contributed by atoms with Crippen molar-refractivity contribution in [3.05, 3.63) is 35.4 Å². The lowest BCUT2D eigenvalue weighted by molar-refractivity contribution is -0.0868. The van der Waals surface area contributed by atoms with Gasteiger partial charge in [0.15, 0.2) is 0 Å². The molecule has 1 unspecified atom stereocenters. The first-order chi connectivity index (χ1) is 10.2. The van der Waals surface area contributed by atoms with Gasteiger partial charge in [0.1, 0.15) is 5.60 Å². The molecule has 2 aliphatic rings. The number of rotatable bonds is 1. The van der Waals surface area contributed by atoms with E-state index in [1.54, 1.807) is 0 Å². The number of fused-ring (bicyclic) bond motifs is 1. The monoisotopic (exact) mass is 283 g/mol. The van der Waals surface area contributed by atoms with Crippen molar-refractivity contribution < 1.29 is 5.11 Å². The van der Waals surface area contributed by atoms with Gasteiger partial charge >= 0.3 is 0 Å². The second kappa shape index (κ2) is 5.81. The van der Waals surface area contributed by atoms with E-state index in [0.717, 1.165) is 50.5 Å². The second-order valence-electron chi connectivity index (χ2n) is 6.83. The Labute approximate surface area is 127 Å². The van der Waals surface area contributed by atoms with Crippen molar-refractivity contribution in [1.29, 1.82) is 5.26 Å². The first kappa shape index (κ1) is 14.6. The normalized spacial score (nSPS) is 28.8. The van der Waals surface area contributed by atoms with Crippen molar-refractivity contribution in [2.24, 2.45) is 5.41 Å². The Morgan fingerprint density at radius 2 is 1.57 bits per heavy atom. The highest BCUT2D eigenvalue weighted by molar-refractivity contribution is 5.38. The first-order valence-corrected chi connectivity index (χ1v) is 8.44. The fourth-order valence-corrected chi connectivity index (χ4v) is 4.43. The Morgan fingerprint density at radius 1 is 0.905 bits per heavy atom. The molecule has 1 atom stereocenters. The summed E-state index contributed by atoms with van der Waals surface area (Å²) in [6.07, 6.45) is 10.2. The van der Waals surface area contributed by atoms with Crippen LogP contribution in [0.25, 0.3) is 0 Å². The van der Waals surface area contributed by atoms with Crippen molar-refractivity contribution in [2.75, 3.05) is 0 Å². The molecule has 2 nitrogen and oxygen atoms in total. The van der Waals surface area contributed by atoms with E-state index in [1.165, 1.54) is 24.8 Å². The molecule has 0 radical (unpaired) electrons. The number of hydrogen-bond donors (Lipinski definition) is 1. The highest BCUT2D eigenvalue weighted by Crippen LogP contribution is 2.53. The summed E-state index contributed by atoms with van der Waals surface area (Å²) in [5.41, 5.74) is 0.721. The molecule has 0 saturated heterocycles. The van der Waals surface area contributed by atoms with Gasteiger partial charge in [-0.15, -0.1) is 0 Å². The van der Waals surface area contributed by atoms with Gasteiger partial charge in [-0.2, -0.15) is 5.26 Å². The molecule has 0 aliphatic heterocycles. The van der Waals surface area contributed by atoms with Crippen LogP contribution >= 0.6 is 0 Å².